The van der Waals surface area contributed by atoms with E-state index in [2.05, 4.69) is 9.97 Å². The normalized spacial score (nSPS) is 11.3. The molecule has 7 nitrogen and oxygen atoms in total. The fourth-order valence-corrected chi connectivity index (χ4v) is 2.34. The predicted molar refractivity (Wildman–Crippen MR) is 97.4 cm³/mol. The number of halogens is 1. The molecule has 0 bridgehead atoms. The van der Waals surface area contributed by atoms with Crippen molar-refractivity contribution >= 4 is 28.9 Å². The van der Waals surface area contributed by atoms with Gasteiger partial charge in [0.05, 0.1) is 22.4 Å². The highest BCUT2D eigenvalue weighted by atomic mass is 19.1. The van der Waals surface area contributed by atoms with Crippen molar-refractivity contribution in [2.45, 2.75) is 6.92 Å². The predicted octanol–water partition coefficient (Wildman–Crippen LogP) is 1.81. The quantitative estimate of drug-likeness (QED) is 0.517. The van der Waals surface area contributed by atoms with Gasteiger partial charge in [-0.15, -0.1) is 0 Å². The van der Waals surface area contributed by atoms with E-state index in [0.717, 1.165) is 5.56 Å². The molecule has 0 fully saturated rings. The second kappa shape index (κ2) is 7.93. The van der Waals surface area contributed by atoms with E-state index in [9.17, 15) is 9.18 Å². The number of H-pyrrole nitrogens is 1. The first-order valence-corrected chi connectivity index (χ1v) is 7.47. The van der Waals surface area contributed by atoms with Crippen LogP contribution in [0.2, 0.25) is 0 Å². The lowest BCUT2D eigenvalue weighted by atomic mass is 10.1. The molecule has 2 aromatic carbocycles. The number of nitrogens with zero attached hydrogens (tertiary/aromatic N) is 1. The van der Waals surface area contributed by atoms with Crippen LogP contribution in [-0.4, -0.2) is 21.5 Å². The largest absolute Gasteiger partial charge is 0.483 e. The summed E-state index contributed by atoms with van der Waals surface area (Å²) in [4.78, 5) is 27.3. The molecule has 0 saturated carbocycles. The number of carbonyl (C=O) groups is 1. The molecular formula is C18H17FN4O3. The number of benzene rings is 2. The standard InChI is InChI=1S/C17H15FN4O.CH2O2/c1-9-3-2-4-10(7-9)14(19)15(20)16-17(23)22-13-8-11(18)5-6-12(13)21-16;2-1-3/h2-8H,19-20H2,1H3,(H,22,23);1H,(H,2,3)/b15-14+;. The minimum Gasteiger partial charge on any atom is -0.483 e. The minimum absolute atomic E-state index is 0.0168. The van der Waals surface area contributed by atoms with Gasteiger partial charge in [0.2, 0.25) is 0 Å². The van der Waals surface area contributed by atoms with Crippen molar-refractivity contribution < 1.29 is 14.3 Å². The molecule has 0 radical (unpaired) electrons. The van der Waals surface area contributed by atoms with Crippen LogP contribution >= 0.6 is 0 Å². The Morgan fingerprint density at radius 3 is 2.54 bits per heavy atom. The number of rotatable bonds is 2. The van der Waals surface area contributed by atoms with Crippen molar-refractivity contribution in [3.63, 3.8) is 0 Å². The smallest absolute Gasteiger partial charge is 0.290 e. The average Bonchev–Trinajstić information content (AvgIpc) is 2.60. The SMILES string of the molecule is Cc1cccc(/C(N)=C(\N)c2nc3ccc(F)cc3[nH]c2=O)c1.O=CO. The van der Waals surface area contributed by atoms with Gasteiger partial charge in [0.1, 0.15) is 5.82 Å². The first-order valence-electron chi connectivity index (χ1n) is 7.47. The summed E-state index contributed by atoms with van der Waals surface area (Å²) in [5.41, 5.74) is 14.4. The molecule has 3 aromatic rings. The summed E-state index contributed by atoms with van der Waals surface area (Å²) in [5.74, 6) is -0.453. The number of nitrogens with two attached hydrogens (primary N) is 2. The van der Waals surface area contributed by atoms with Gasteiger partial charge in [-0.3, -0.25) is 9.59 Å². The molecule has 0 aliphatic rings. The van der Waals surface area contributed by atoms with E-state index in [1.807, 2.05) is 25.1 Å². The van der Waals surface area contributed by atoms with E-state index in [1.54, 1.807) is 6.07 Å². The molecule has 6 N–H and O–H groups in total. The highest BCUT2D eigenvalue weighted by Crippen LogP contribution is 2.18. The van der Waals surface area contributed by atoms with Gasteiger partial charge in [-0.05, 0) is 36.8 Å². The van der Waals surface area contributed by atoms with Gasteiger partial charge >= 0.3 is 0 Å². The van der Waals surface area contributed by atoms with Gasteiger partial charge in [0.15, 0.2) is 5.69 Å². The third-order valence-corrected chi connectivity index (χ3v) is 3.53. The summed E-state index contributed by atoms with van der Waals surface area (Å²) in [6, 6.07) is 11.4. The topological polar surface area (TPSA) is 135 Å². The first-order chi connectivity index (χ1) is 12.4. The molecule has 1 aromatic heterocycles. The molecule has 26 heavy (non-hydrogen) atoms. The molecule has 0 atom stereocenters. The summed E-state index contributed by atoms with van der Waals surface area (Å²) in [5, 5.41) is 6.89. The number of carboxylic acid groups (broad SMARTS) is 1. The van der Waals surface area contributed by atoms with Crippen molar-refractivity contribution in [2.24, 2.45) is 11.5 Å². The third-order valence-electron chi connectivity index (χ3n) is 3.53. The fourth-order valence-electron chi connectivity index (χ4n) is 2.34. The van der Waals surface area contributed by atoms with Gasteiger partial charge in [-0.1, -0.05) is 23.8 Å². The Morgan fingerprint density at radius 1 is 1.19 bits per heavy atom. The second-order valence-electron chi connectivity index (χ2n) is 5.38. The molecule has 134 valence electrons. The van der Waals surface area contributed by atoms with Crippen LogP contribution in [0.3, 0.4) is 0 Å². The monoisotopic (exact) mass is 356 g/mol. The zero-order chi connectivity index (χ0) is 19.3. The van der Waals surface area contributed by atoms with E-state index in [4.69, 9.17) is 21.4 Å². The summed E-state index contributed by atoms with van der Waals surface area (Å²) in [6.07, 6.45) is 0. The van der Waals surface area contributed by atoms with Gasteiger partial charge in [0, 0.05) is 0 Å². The van der Waals surface area contributed by atoms with Crippen LogP contribution in [0.5, 0.6) is 0 Å². The van der Waals surface area contributed by atoms with E-state index in [1.165, 1.54) is 18.2 Å². The zero-order valence-corrected chi connectivity index (χ0v) is 13.9. The van der Waals surface area contributed by atoms with Crippen LogP contribution in [0.4, 0.5) is 4.39 Å². The maximum Gasteiger partial charge on any atom is 0.290 e. The van der Waals surface area contributed by atoms with Gasteiger partial charge in [-0.25, -0.2) is 9.37 Å². The molecule has 0 amide bonds. The van der Waals surface area contributed by atoms with Crippen LogP contribution < -0.4 is 17.0 Å². The number of aryl methyl sites for hydroxylation is 1. The van der Waals surface area contributed by atoms with Gasteiger partial charge < -0.3 is 21.6 Å². The maximum absolute atomic E-state index is 13.2. The van der Waals surface area contributed by atoms with Crippen LogP contribution in [0, 0.1) is 12.7 Å². The molecular weight excluding hydrogens is 339 g/mol. The van der Waals surface area contributed by atoms with E-state index in [-0.39, 0.29) is 23.6 Å². The number of aromatic amines is 1. The first kappa shape index (κ1) is 18.7. The summed E-state index contributed by atoms with van der Waals surface area (Å²) in [6.45, 7) is 1.68. The molecule has 0 aliphatic carbocycles. The van der Waals surface area contributed by atoms with Gasteiger partial charge in [0.25, 0.3) is 12.0 Å². The summed E-state index contributed by atoms with van der Waals surface area (Å²) in [7, 11) is 0. The van der Waals surface area contributed by atoms with Crippen LogP contribution in [0.15, 0.2) is 47.3 Å². The Balaban J connectivity index is 0.000000758. The van der Waals surface area contributed by atoms with E-state index >= 15 is 0 Å². The fraction of sp³-hybridized carbons (Fsp3) is 0.0556. The van der Waals surface area contributed by atoms with E-state index < -0.39 is 11.4 Å². The molecule has 3 rings (SSSR count). The van der Waals surface area contributed by atoms with Crippen molar-refractivity contribution in [3.8, 4) is 0 Å². The van der Waals surface area contributed by atoms with Crippen molar-refractivity contribution in [1.82, 2.24) is 9.97 Å². The summed E-state index contributed by atoms with van der Waals surface area (Å²) < 4.78 is 13.2. The second-order valence-corrected chi connectivity index (χ2v) is 5.38. The molecule has 0 saturated heterocycles. The number of nitrogens with one attached hydrogen (secondary N) is 1. The number of hydrogen-bond donors (Lipinski definition) is 4. The molecule has 0 spiro atoms. The zero-order valence-electron chi connectivity index (χ0n) is 13.9. The van der Waals surface area contributed by atoms with Crippen molar-refractivity contribution in [1.29, 1.82) is 0 Å². The lowest BCUT2D eigenvalue weighted by Gasteiger charge is -2.08. The van der Waals surface area contributed by atoms with Crippen LogP contribution in [0.25, 0.3) is 22.4 Å². The summed E-state index contributed by atoms with van der Waals surface area (Å²) >= 11 is 0. The maximum atomic E-state index is 13.2. The Morgan fingerprint density at radius 2 is 1.88 bits per heavy atom. The number of aromatic nitrogens is 2. The highest BCUT2D eigenvalue weighted by Gasteiger charge is 2.12. The van der Waals surface area contributed by atoms with Gasteiger partial charge in [-0.2, -0.15) is 0 Å². The van der Waals surface area contributed by atoms with Crippen LogP contribution in [-0.2, 0) is 4.79 Å². The average molecular weight is 356 g/mol. The Bertz CT molecular complexity index is 1040. The lowest BCUT2D eigenvalue weighted by Crippen LogP contribution is -2.20. The molecule has 0 aliphatic heterocycles. The Hall–Kier alpha value is -3.68. The Labute approximate surface area is 147 Å². The lowest BCUT2D eigenvalue weighted by molar-refractivity contribution is -0.122. The van der Waals surface area contributed by atoms with Crippen molar-refractivity contribution in [3.05, 3.63) is 75.5 Å². The number of fused-ring (bicyclic) bond motifs is 1. The molecule has 8 heteroatoms. The highest BCUT2D eigenvalue weighted by molar-refractivity contribution is 5.87. The van der Waals surface area contributed by atoms with Crippen LogP contribution in [0.1, 0.15) is 16.8 Å². The van der Waals surface area contributed by atoms with Crippen molar-refractivity contribution in [2.75, 3.05) is 0 Å². The van der Waals surface area contributed by atoms with E-state index in [0.29, 0.717) is 16.6 Å². The molecule has 1 heterocycles. The third kappa shape index (κ3) is 4.04. The minimum atomic E-state index is -0.517. The number of hydrogen-bond acceptors (Lipinski definition) is 5. The molecule has 0 unspecified atom stereocenters. The Kier molecular flexibility index (Phi) is 5.69.